The number of halogens is 1. The maximum atomic E-state index is 12.7. The largest absolute Gasteiger partial charge is 0.322 e. The second kappa shape index (κ2) is 9.76. The number of hydrogen-bond donors (Lipinski definition) is 2. The van der Waals surface area contributed by atoms with Gasteiger partial charge in [0.1, 0.15) is 5.82 Å². The summed E-state index contributed by atoms with van der Waals surface area (Å²) in [7, 11) is 1.81. The Morgan fingerprint density at radius 2 is 1.70 bits per heavy atom. The van der Waals surface area contributed by atoms with Gasteiger partial charge in [-0.2, -0.15) is 5.10 Å². The lowest BCUT2D eigenvalue weighted by atomic mass is 9.99. The molecule has 0 saturated heterocycles. The fraction of sp³-hybridized carbons (Fsp3) is 0.348. The van der Waals surface area contributed by atoms with E-state index >= 15 is 0 Å². The van der Waals surface area contributed by atoms with E-state index in [1.807, 2.05) is 25.2 Å². The van der Waals surface area contributed by atoms with E-state index in [1.54, 1.807) is 16.8 Å². The van der Waals surface area contributed by atoms with E-state index in [2.05, 4.69) is 28.9 Å². The van der Waals surface area contributed by atoms with Crippen LogP contribution in [0.5, 0.6) is 0 Å². The normalized spacial score (nSPS) is 14.6. The molecule has 1 aromatic carbocycles. The molecule has 1 aliphatic carbocycles. The number of carbonyl (C=O) groups is 2. The third kappa shape index (κ3) is 5.39. The predicted molar refractivity (Wildman–Crippen MR) is 121 cm³/mol. The second-order valence-electron chi connectivity index (χ2n) is 7.63. The summed E-state index contributed by atoms with van der Waals surface area (Å²) in [5.41, 5.74) is 2.35. The molecule has 0 bridgehead atoms. The quantitative estimate of drug-likeness (QED) is 0.376. The Balaban J connectivity index is 1.67. The van der Waals surface area contributed by atoms with Gasteiger partial charge in [0.15, 0.2) is 0 Å². The van der Waals surface area contributed by atoms with Gasteiger partial charge < -0.3 is 10.6 Å². The zero-order valence-electron chi connectivity index (χ0n) is 17.2. The van der Waals surface area contributed by atoms with Crippen LogP contribution in [0.15, 0.2) is 54.1 Å². The number of rotatable bonds is 6. The number of hydrogen-bond acceptors (Lipinski definition) is 3. The monoisotopic (exact) mass is 426 g/mol. The Labute approximate surface area is 182 Å². The minimum atomic E-state index is -0.399. The van der Waals surface area contributed by atoms with Gasteiger partial charge in [0.2, 0.25) is 5.91 Å². The first-order valence-corrected chi connectivity index (χ1v) is 10.5. The molecular weight excluding hydrogens is 400 g/mol. The Morgan fingerprint density at radius 3 is 2.30 bits per heavy atom. The number of aryl methyl sites for hydroxylation is 1. The van der Waals surface area contributed by atoms with Gasteiger partial charge in [0.25, 0.3) is 5.91 Å². The van der Waals surface area contributed by atoms with Crippen molar-refractivity contribution in [3.05, 3.63) is 54.1 Å². The fourth-order valence-corrected chi connectivity index (χ4v) is 3.64. The van der Waals surface area contributed by atoms with Crippen LogP contribution in [0.1, 0.15) is 38.5 Å². The molecule has 30 heavy (non-hydrogen) atoms. The van der Waals surface area contributed by atoms with Gasteiger partial charge in [-0.1, -0.05) is 62.6 Å². The number of benzene rings is 1. The molecule has 0 atom stereocenters. The molecule has 1 aliphatic rings. The molecule has 1 fully saturated rings. The maximum Gasteiger partial charge on any atom is 0.256 e. The first kappa shape index (κ1) is 21.8. The molecular formula is C23H27ClN4O2. The van der Waals surface area contributed by atoms with E-state index in [1.165, 1.54) is 12.8 Å². The molecule has 1 saturated carbocycles. The molecule has 0 radical (unpaired) electrons. The Morgan fingerprint density at radius 1 is 1.07 bits per heavy atom. The third-order valence-corrected chi connectivity index (χ3v) is 5.63. The highest BCUT2D eigenvalue weighted by Gasteiger charge is 2.21. The third-order valence-electron chi connectivity index (χ3n) is 5.40. The van der Waals surface area contributed by atoms with Crippen molar-refractivity contribution in [2.24, 2.45) is 13.0 Å². The first-order valence-electron chi connectivity index (χ1n) is 10.2. The zero-order chi connectivity index (χ0) is 21.7. The van der Waals surface area contributed by atoms with Crippen molar-refractivity contribution >= 4 is 34.9 Å². The summed E-state index contributed by atoms with van der Waals surface area (Å²) in [6, 6.07) is 9.12. The Kier molecular flexibility index (Phi) is 7.11. The predicted octanol–water partition coefficient (Wildman–Crippen LogP) is 5.24. The second-order valence-corrected chi connectivity index (χ2v) is 8.09. The molecule has 1 heterocycles. The summed E-state index contributed by atoms with van der Waals surface area (Å²) in [4.78, 5) is 24.7. The lowest BCUT2D eigenvalue weighted by Gasteiger charge is -2.13. The molecule has 6 nitrogen and oxygen atoms in total. The summed E-state index contributed by atoms with van der Waals surface area (Å²) < 4.78 is 1.68. The number of aromatic nitrogens is 2. The highest BCUT2D eigenvalue weighted by Crippen LogP contribution is 2.26. The molecule has 7 heteroatoms. The number of nitrogens with zero attached hydrogens (tertiary/aromatic N) is 2. The molecule has 0 spiro atoms. The molecule has 3 rings (SSSR count). The van der Waals surface area contributed by atoms with Gasteiger partial charge in [-0.25, -0.2) is 0 Å². The first-order chi connectivity index (χ1) is 14.3. The SMILES string of the molecule is C=C(Cl)C(=C)C(=O)Nc1ccc(-c2cc(NC(=O)C3CCCCCC3)n(C)n2)cc1. The lowest BCUT2D eigenvalue weighted by molar-refractivity contribution is -0.120. The van der Waals surface area contributed by atoms with Crippen molar-refractivity contribution in [2.45, 2.75) is 38.5 Å². The highest BCUT2D eigenvalue weighted by molar-refractivity contribution is 6.35. The minimum Gasteiger partial charge on any atom is -0.322 e. The van der Waals surface area contributed by atoms with Crippen LogP contribution in [0.2, 0.25) is 0 Å². The molecule has 0 unspecified atom stereocenters. The summed E-state index contributed by atoms with van der Waals surface area (Å²) in [5, 5.41) is 10.4. The van der Waals surface area contributed by atoms with E-state index in [4.69, 9.17) is 11.6 Å². The number of amides is 2. The van der Waals surface area contributed by atoms with Gasteiger partial charge in [-0.3, -0.25) is 14.3 Å². The van der Waals surface area contributed by atoms with Crippen LogP contribution in [-0.4, -0.2) is 21.6 Å². The van der Waals surface area contributed by atoms with Crippen molar-refractivity contribution in [2.75, 3.05) is 10.6 Å². The van der Waals surface area contributed by atoms with Gasteiger partial charge in [-0.05, 0) is 25.0 Å². The molecule has 2 N–H and O–H groups in total. The topological polar surface area (TPSA) is 76.0 Å². The summed E-state index contributed by atoms with van der Waals surface area (Å²) in [6.45, 7) is 7.10. The lowest BCUT2D eigenvalue weighted by Crippen LogP contribution is -2.23. The standard InChI is InChI=1S/C23H27ClN4O2/c1-15(16(2)24)22(29)25-19-12-10-17(11-13-19)20-14-21(28(3)27-20)26-23(30)18-8-6-4-5-7-9-18/h10-14,18H,1-2,4-9H2,3H3,(H,25,29)(H,26,30). The van der Waals surface area contributed by atoms with E-state index in [-0.39, 0.29) is 22.4 Å². The Bertz CT molecular complexity index is 954. The zero-order valence-corrected chi connectivity index (χ0v) is 18.0. The van der Waals surface area contributed by atoms with Crippen LogP contribution in [0.3, 0.4) is 0 Å². The van der Waals surface area contributed by atoms with Crippen molar-refractivity contribution in [3.8, 4) is 11.3 Å². The van der Waals surface area contributed by atoms with Gasteiger partial charge in [-0.15, -0.1) is 0 Å². The number of carbonyl (C=O) groups excluding carboxylic acids is 2. The highest BCUT2D eigenvalue weighted by atomic mass is 35.5. The van der Waals surface area contributed by atoms with Crippen LogP contribution >= 0.6 is 11.6 Å². The van der Waals surface area contributed by atoms with Gasteiger partial charge in [0.05, 0.1) is 11.3 Å². The van der Waals surface area contributed by atoms with Crippen molar-refractivity contribution in [3.63, 3.8) is 0 Å². The molecule has 2 amide bonds. The summed E-state index contributed by atoms with van der Waals surface area (Å²) in [6.07, 6.45) is 6.56. The Hall–Kier alpha value is -2.86. The van der Waals surface area contributed by atoms with Crippen LogP contribution in [0, 0.1) is 5.92 Å². The fourth-order valence-electron chi connectivity index (χ4n) is 3.55. The average molecular weight is 427 g/mol. The van der Waals surface area contributed by atoms with Crippen molar-refractivity contribution < 1.29 is 9.59 Å². The molecule has 0 aliphatic heterocycles. The summed E-state index contributed by atoms with van der Waals surface area (Å²) >= 11 is 5.71. The van der Waals surface area contributed by atoms with Crippen molar-refractivity contribution in [1.29, 1.82) is 0 Å². The maximum absolute atomic E-state index is 12.7. The smallest absolute Gasteiger partial charge is 0.256 e. The van der Waals surface area contributed by atoms with E-state index in [0.29, 0.717) is 11.5 Å². The van der Waals surface area contributed by atoms with E-state index < -0.39 is 5.91 Å². The average Bonchev–Trinajstić information content (AvgIpc) is 2.93. The number of anilines is 2. The number of nitrogens with one attached hydrogen (secondary N) is 2. The van der Waals surface area contributed by atoms with Gasteiger partial charge >= 0.3 is 0 Å². The van der Waals surface area contributed by atoms with Crippen LogP contribution in [0.4, 0.5) is 11.5 Å². The van der Waals surface area contributed by atoms with Crippen LogP contribution in [-0.2, 0) is 16.6 Å². The minimum absolute atomic E-state index is 0.0746. The molecule has 1 aromatic heterocycles. The molecule has 2 aromatic rings. The molecule has 158 valence electrons. The van der Waals surface area contributed by atoms with Crippen LogP contribution < -0.4 is 10.6 Å². The summed E-state index contributed by atoms with van der Waals surface area (Å²) in [5.74, 6) is 0.427. The van der Waals surface area contributed by atoms with Crippen LogP contribution in [0.25, 0.3) is 11.3 Å². The van der Waals surface area contributed by atoms with Crippen molar-refractivity contribution in [1.82, 2.24) is 9.78 Å². The van der Waals surface area contributed by atoms with E-state index in [0.717, 1.165) is 36.9 Å². The van der Waals surface area contributed by atoms with Gasteiger partial charge in [0, 0.05) is 35.3 Å². The van der Waals surface area contributed by atoms with E-state index in [9.17, 15) is 9.59 Å².